The van der Waals surface area contributed by atoms with Gasteiger partial charge in [-0.3, -0.25) is 0 Å². The van der Waals surface area contributed by atoms with E-state index in [1.54, 1.807) is 0 Å². The van der Waals surface area contributed by atoms with E-state index in [4.69, 9.17) is 39.5 Å². The Morgan fingerprint density at radius 2 is 1.83 bits per heavy atom. The predicted octanol–water partition coefficient (Wildman–Crippen LogP) is 3.85. The van der Waals surface area contributed by atoms with E-state index in [0.717, 1.165) is 0 Å². The van der Waals surface area contributed by atoms with Crippen LogP contribution in [0, 0.1) is 0 Å². The third kappa shape index (κ3) is 6.99. The van der Waals surface area contributed by atoms with Crippen molar-refractivity contribution in [2.45, 2.75) is 13.8 Å². The maximum absolute atomic E-state index is 5.60. The third-order valence-corrected chi connectivity index (χ3v) is 1.99. The summed E-state index contributed by atoms with van der Waals surface area (Å²) in [7, 11) is 0. The van der Waals surface area contributed by atoms with Crippen molar-refractivity contribution in [2.75, 3.05) is 13.2 Å². The lowest BCUT2D eigenvalue weighted by Gasteiger charge is -1.99. The van der Waals surface area contributed by atoms with E-state index < -0.39 is 0 Å². The molecule has 12 heavy (non-hydrogen) atoms. The fourth-order valence-electron chi connectivity index (χ4n) is 0.429. The Morgan fingerprint density at radius 1 is 1.25 bits per heavy atom. The van der Waals surface area contributed by atoms with Crippen molar-refractivity contribution in [3.63, 3.8) is 0 Å². The second kappa shape index (κ2) is 6.79. The van der Waals surface area contributed by atoms with Crippen LogP contribution in [0.2, 0.25) is 0 Å². The Morgan fingerprint density at radius 3 is 2.25 bits per heavy atom. The normalized spacial score (nSPS) is 9.42. The fraction of sp³-hybridized carbons (Fsp3) is 0.500. The van der Waals surface area contributed by atoms with Gasteiger partial charge in [0, 0.05) is 0 Å². The van der Waals surface area contributed by atoms with Crippen molar-refractivity contribution in [1.82, 2.24) is 0 Å². The highest BCUT2D eigenvalue weighted by atomic mass is 35.5. The van der Waals surface area contributed by atoms with Crippen molar-refractivity contribution >= 4 is 34.8 Å². The molecular formula is C8H11Cl3O. The molecule has 0 spiro atoms. The first-order chi connectivity index (χ1) is 5.54. The molecule has 0 bridgehead atoms. The van der Waals surface area contributed by atoms with Crippen LogP contribution in [0.5, 0.6) is 0 Å². The van der Waals surface area contributed by atoms with Crippen molar-refractivity contribution in [3.05, 3.63) is 21.2 Å². The maximum atomic E-state index is 5.60. The van der Waals surface area contributed by atoms with Crippen molar-refractivity contribution in [2.24, 2.45) is 0 Å². The number of ether oxygens (including phenoxy) is 1. The summed E-state index contributed by atoms with van der Waals surface area (Å²) in [5.74, 6) is 0. The van der Waals surface area contributed by atoms with E-state index in [2.05, 4.69) is 0 Å². The Bertz CT molecular complexity index is 188. The maximum Gasteiger partial charge on any atom is 0.123 e. The smallest absolute Gasteiger partial charge is 0.123 e. The molecule has 0 saturated carbocycles. The fourth-order valence-corrected chi connectivity index (χ4v) is 0.615. The average Bonchev–Trinajstić information content (AvgIpc) is 1.97. The van der Waals surface area contributed by atoms with Gasteiger partial charge in [0.2, 0.25) is 0 Å². The lowest BCUT2D eigenvalue weighted by atomic mass is 10.3. The van der Waals surface area contributed by atoms with Gasteiger partial charge in [-0.1, -0.05) is 46.5 Å². The molecule has 0 amide bonds. The van der Waals surface area contributed by atoms with Gasteiger partial charge >= 0.3 is 0 Å². The van der Waals surface area contributed by atoms with Crippen LogP contribution in [0.15, 0.2) is 21.2 Å². The summed E-state index contributed by atoms with van der Waals surface area (Å²) in [5.41, 5.74) is 1.20. The summed E-state index contributed by atoms with van der Waals surface area (Å²) in [6, 6.07) is 0. The van der Waals surface area contributed by atoms with Crippen molar-refractivity contribution < 1.29 is 4.74 Å². The molecule has 0 fully saturated rings. The topological polar surface area (TPSA) is 9.23 Å². The minimum absolute atomic E-state index is 0.0638. The molecule has 0 aliphatic heterocycles. The summed E-state index contributed by atoms with van der Waals surface area (Å²) in [5, 5.41) is 0.334. The highest BCUT2D eigenvalue weighted by molar-refractivity contribution is 6.59. The zero-order valence-corrected chi connectivity index (χ0v) is 9.30. The SMILES string of the molecule is CC(C)=CCOCC(Cl)=C(Cl)Cl. The minimum atomic E-state index is 0.0638. The van der Waals surface area contributed by atoms with Crippen LogP contribution in [0.3, 0.4) is 0 Å². The van der Waals surface area contributed by atoms with Gasteiger partial charge in [0.15, 0.2) is 0 Å². The summed E-state index contributed by atoms with van der Waals surface area (Å²) >= 11 is 16.4. The van der Waals surface area contributed by atoms with Gasteiger partial charge < -0.3 is 4.74 Å². The molecule has 4 heteroatoms. The van der Waals surface area contributed by atoms with Crippen LogP contribution < -0.4 is 0 Å². The van der Waals surface area contributed by atoms with E-state index in [-0.39, 0.29) is 11.1 Å². The third-order valence-electron chi connectivity index (χ3n) is 1.04. The van der Waals surface area contributed by atoms with Gasteiger partial charge in [-0.05, 0) is 13.8 Å². The van der Waals surface area contributed by atoms with Crippen LogP contribution >= 0.6 is 34.8 Å². The van der Waals surface area contributed by atoms with Crippen LogP contribution in [-0.2, 0) is 4.74 Å². The van der Waals surface area contributed by atoms with Crippen LogP contribution in [-0.4, -0.2) is 13.2 Å². The summed E-state index contributed by atoms with van der Waals surface area (Å²) in [6.07, 6.45) is 1.95. The molecule has 0 saturated heterocycles. The second-order valence-electron chi connectivity index (χ2n) is 2.46. The van der Waals surface area contributed by atoms with Crippen LogP contribution in [0.4, 0.5) is 0 Å². The van der Waals surface area contributed by atoms with Gasteiger partial charge in [-0.15, -0.1) is 0 Å². The monoisotopic (exact) mass is 228 g/mol. The first-order valence-corrected chi connectivity index (χ1v) is 4.58. The number of hydrogen-bond acceptors (Lipinski definition) is 1. The van der Waals surface area contributed by atoms with Crippen LogP contribution in [0.1, 0.15) is 13.8 Å². The number of rotatable bonds is 4. The Kier molecular flexibility index (Phi) is 6.96. The number of allylic oxidation sites excluding steroid dienone is 1. The molecule has 70 valence electrons. The standard InChI is InChI=1S/C8H11Cl3O/c1-6(2)3-4-12-5-7(9)8(10)11/h3H,4-5H2,1-2H3. The molecule has 0 N–H and O–H groups in total. The predicted molar refractivity (Wildman–Crippen MR) is 54.8 cm³/mol. The molecule has 0 unspecified atom stereocenters. The molecule has 0 aliphatic carbocycles. The summed E-state index contributed by atoms with van der Waals surface area (Å²) < 4.78 is 5.20. The Labute approximate surface area is 87.9 Å². The lowest BCUT2D eigenvalue weighted by molar-refractivity contribution is 0.191. The first kappa shape index (κ1) is 12.3. The van der Waals surface area contributed by atoms with E-state index in [9.17, 15) is 0 Å². The minimum Gasteiger partial charge on any atom is -0.372 e. The Hall–Kier alpha value is 0.310. The molecule has 0 heterocycles. The molecule has 1 nitrogen and oxygen atoms in total. The van der Waals surface area contributed by atoms with Gasteiger partial charge in [-0.2, -0.15) is 0 Å². The van der Waals surface area contributed by atoms with Crippen molar-refractivity contribution in [1.29, 1.82) is 0 Å². The first-order valence-electron chi connectivity index (χ1n) is 3.44. The van der Waals surface area contributed by atoms with Crippen molar-refractivity contribution in [3.8, 4) is 0 Å². The van der Waals surface area contributed by atoms with Gasteiger partial charge in [0.1, 0.15) is 4.49 Å². The average molecular weight is 230 g/mol. The highest BCUT2D eigenvalue weighted by Crippen LogP contribution is 2.17. The molecule has 0 aromatic heterocycles. The quantitative estimate of drug-likeness (QED) is 0.525. The summed E-state index contributed by atoms with van der Waals surface area (Å²) in [4.78, 5) is 0. The van der Waals surface area contributed by atoms with E-state index in [0.29, 0.717) is 11.6 Å². The molecule has 0 aromatic carbocycles. The second-order valence-corrected chi connectivity index (χ2v) is 3.87. The van der Waals surface area contributed by atoms with E-state index >= 15 is 0 Å². The number of hydrogen-bond donors (Lipinski definition) is 0. The van der Waals surface area contributed by atoms with Crippen LogP contribution in [0.25, 0.3) is 0 Å². The molecule has 0 radical (unpaired) electrons. The Balaban J connectivity index is 3.59. The highest BCUT2D eigenvalue weighted by Gasteiger charge is 1.97. The molecule has 0 aliphatic rings. The summed E-state index contributed by atoms with van der Waals surface area (Å²) in [6.45, 7) is 4.78. The van der Waals surface area contributed by atoms with E-state index in [1.807, 2.05) is 19.9 Å². The zero-order valence-electron chi connectivity index (χ0n) is 7.03. The molecular weight excluding hydrogens is 218 g/mol. The largest absolute Gasteiger partial charge is 0.372 e. The van der Waals surface area contributed by atoms with Gasteiger partial charge in [0.25, 0.3) is 0 Å². The van der Waals surface area contributed by atoms with E-state index in [1.165, 1.54) is 5.57 Å². The lowest BCUT2D eigenvalue weighted by Crippen LogP contribution is -1.94. The van der Waals surface area contributed by atoms with Gasteiger partial charge in [0.05, 0.1) is 18.2 Å². The number of halogens is 3. The molecule has 0 atom stereocenters. The van der Waals surface area contributed by atoms with Gasteiger partial charge in [-0.25, -0.2) is 0 Å². The molecule has 0 rings (SSSR count). The molecule has 0 aromatic rings. The zero-order chi connectivity index (χ0) is 9.56.